The van der Waals surface area contributed by atoms with Crippen LogP contribution in [0.1, 0.15) is 29.5 Å². The van der Waals surface area contributed by atoms with Gasteiger partial charge >= 0.3 is 0 Å². The van der Waals surface area contributed by atoms with Crippen LogP contribution >= 0.6 is 0 Å². The highest BCUT2D eigenvalue weighted by Crippen LogP contribution is 2.12. The van der Waals surface area contributed by atoms with Gasteiger partial charge in [-0.25, -0.2) is 4.98 Å². The number of aldehydes is 1. The van der Waals surface area contributed by atoms with E-state index in [0.717, 1.165) is 30.5 Å². The molecule has 0 fully saturated rings. The molecule has 0 bridgehead atoms. The molecule has 0 saturated carbocycles. The van der Waals surface area contributed by atoms with E-state index in [9.17, 15) is 4.79 Å². The molecule has 0 radical (unpaired) electrons. The van der Waals surface area contributed by atoms with Gasteiger partial charge in [0.25, 0.3) is 0 Å². The molecule has 0 aliphatic carbocycles. The maximum atomic E-state index is 10.9. The number of pyridine rings is 1. The van der Waals surface area contributed by atoms with Gasteiger partial charge in [-0.05, 0) is 18.6 Å². The number of imidazole rings is 1. The van der Waals surface area contributed by atoms with Gasteiger partial charge in [-0.3, -0.25) is 9.20 Å². The highest BCUT2D eigenvalue weighted by Gasteiger charge is 2.08. The van der Waals surface area contributed by atoms with Gasteiger partial charge < -0.3 is 0 Å². The second kappa shape index (κ2) is 3.62. The second-order valence-electron chi connectivity index (χ2n) is 3.24. The molecule has 2 rings (SSSR count). The zero-order valence-corrected chi connectivity index (χ0v) is 8.10. The van der Waals surface area contributed by atoms with Crippen LogP contribution in [-0.4, -0.2) is 15.7 Å². The number of carbonyl (C=O) groups excluding carboxylic acids is 1. The molecule has 0 aliphatic heterocycles. The topological polar surface area (TPSA) is 34.4 Å². The lowest BCUT2D eigenvalue weighted by molar-refractivity contribution is 0.111. The molecule has 0 amide bonds. The van der Waals surface area contributed by atoms with Crippen LogP contribution in [0.25, 0.3) is 5.65 Å². The molecule has 0 unspecified atom stereocenters. The Hall–Kier alpha value is -1.64. The average molecular weight is 188 g/mol. The van der Waals surface area contributed by atoms with Crippen LogP contribution in [0, 0.1) is 0 Å². The van der Waals surface area contributed by atoms with Crippen LogP contribution < -0.4 is 0 Å². The lowest BCUT2D eigenvalue weighted by Crippen LogP contribution is -1.94. The first-order chi connectivity index (χ1) is 6.86. The van der Waals surface area contributed by atoms with Gasteiger partial charge in [0.1, 0.15) is 11.3 Å². The number of aromatic nitrogens is 2. The van der Waals surface area contributed by atoms with E-state index in [2.05, 4.69) is 11.9 Å². The number of nitrogens with zero attached hydrogens (tertiary/aromatic N) is 2. The minimum Gasteiger partial charge on any atom is -0.297 e. The van der Waals surface area contributed by atoms with Crippen LogP contribution in [0.15, 0.2) is 24.4 Å². The fourth-order valence-electron chi connectivity index (χ4n) is 1.61. The van der Waals surface area contributed by atoms with E-state index in [4.69, 9.17) is 0 Å². The van der Waals surface area contributed by atoms with E-state index in [0.29, 0.717) is 5.69 Å². The fraction of sp³-hybridized carbons (Fsp3) is 0.273. The third-order valence-corrected chi connectivity index (χ3v) is 2.24. The molecule has 2 heterocycles. The minimum atomic E-state index is 0.683. The Morgan fingerprint density at radius 2 is 2.36 bits per heavy atom. The molecule has 2 aromatic rings. The van der Waals surface area contributed by atoms with Crippen LogP contribution in [0.2, 0.25) is 0 Å². The molecular formula is C11H12N2O. The molecule has 72 valence electrons. The number of carbonyl (C=O) groups is 1. The van der Waals surface area contributed by atoms with Gasteiger partial charge in [-0.2, -0.15) is 0 Å². The Bertz CT molecular complexity index is 459. The van der Waals surface area contributed by atoms with Crippen molar-refractivity contribution in [3.63, 3.8) is 0 Å². The fourth-order valence-corrected chi connectivity index (χ4v) is 1.61. The van der Waals surface area contributed by atoms with E-state index in [1.165, 1.54) is 0 Å². The zero-order chi connectivity index (χ0) is 9.97. The first kappa shape index (κ1) is 8.94. The van der Waals surface area contributed by atoms with Gasteiger partial charge in [0, 0.05) is 6.20 Å². The lowest BCUT2D eigenvalue weighted by atomic mass is 10.2. The summed E-state index contributed by atoms with van der Waals surface area (Å²) in [6.07, 6.45) is 4.61. The summed E-state index contributed by atoms with van der Waals surface area (Å²) < 4.78 is 1.83. The lowest BCUT2D eigenvalue weighted by Gasteiger charge is -1.94. The largest absolute Gasteiger partial charge is 0.297 e. The summed E-state index contributed by atoms with van der Waals surface area (Å²) >= 11 is 0. The Morgan fingerprint density at radius 3 is 3.07 bits per heavy atom. The van der Waals surface area contributed by atoms with Crippen LogP contribution in [0.3, 0.4) is 0 Å². The number of aryl methyl sites for hydroxylation is 1. The van der Waals surface area contributed by atoms with Crippen molar-refractivity contribution >= 4 is 11.9 Å². The third kappa shape index (κ3) is 1.31. The maximum Gasteiger partial charge on any atom is 0.168 e. The van der Waals surface area contributed by atoms with Crippen molar-refractivity contribution < 1.29 is 4.79 Å². The molecule has 0 atom stereocenters. The smallest absolute Gasteiger partial charge is 0.168 e. The molecule has 3 heteroatoms. The predicted octanol–water partition coefficient (Wildman–Crippen LogP) is 2.10. The standard InChI is InChI=1S/C11H12N2O/c1-2-5-9-10(8-14)13-7-4-3-6-11(13)12-9/h3-4,6-8H,2,5H2,1H3. The van der Waals surface area contributed by atoms with Gasteiger partial charge in [0.15, 0.2) is 6.29 Å². The van der Waals surface area contributed by atoms with E-state index in [1.54, 1.807) is 0 Å². The molecule has 14 heavy (non-hydrogen) atoms. The Kier molecular flexibility index (Phi) is 2.31. The summed E-state index contributed by atoms with van der Waals surface area (Å²) in [5, 5.41) is 0. The monoisotopic (exact) mass is 188 g/mol. The van der Waals surface area contributed by atoms with Crippen molar-refractivity contribution in [3.8, 4) is 0 Å². The summed E-state index contributed by atoms with van der Waals surface area (Å²) in [5.74, 6) is 0. The third-order valence-electron chi connectivity index (χ3n) is 2.24. The second-order valence-corrected chi connectivity index (χ2v) is 3.24. The van der Waals surface area contributed by atoms with Crippen LogP contribution in [0.4, 0.5) is 0 Å². The van der Waals surface area contributed by atoms with Crippen LogP contribution in [-0.2, 0) is 6.42 Å². The quantitative estimate of drug-likeness (QED) is 0.691. The van der Waals surface area contributed by atoms with Crippen molar-refractivity contribution in [2.75, 3.05) is 0 Å². The van der Waals surface area contributed by atoms with Gasteiger partial charge in [-0.15, -0.1) is 0 Å². The predicted molar refractivity (Wildman–Crippen MR) is 54.6 cm³/mol. The molecule has 0 N–H and O–H groups in total. The number of hydrogen-bond donors (Lipinski definition) is 0. The number of hydrogen-bond acceptors (Lipinski definition) is 2. The van der Waals surface area contributed by atoms with Crippen molar-refractivity contribution in [2.24, 2.45) is 0 Å². The summed E-state index contributed by atoms with van der Waals surface area (Å²) in [4.78, 5) is 15.3. The zero-order valence-electron chi connectivity index (χ0n) is 8.10. The number of rotatable bonds is 3. The number of fused-ring (bicyclic) bond motifs is 1. The van der Waals surface area contributed by atoms with E-state index in [1.807, 2.05) is 28.8 Å². The van der Waals surface area contributed by atoms with Crippen molar-refractivity contribution in [3.05, 3.63) is 35.8 Å². The maximum absolute atomic E-state index is 10.9. The SMILES string of the molecule is CCCc1nc2ccccn2c1C=O. The Labute approximate surface area is 82.4 Å². The molecule has 3 nitrogen and oxygen atoms in total. The average Bonchev–Trinajstić information content (AvgIpc) is 2.55. The van der Waals surface area contributed by atoms with Crippen molar-refractivity contribution in [1.29, 1.82) is 0 Å². The summed E-state index contributed by atoms with van der Waals surface area (Å²) in [6, 6.07) is 5.73. The normalized spacial score (nSPS) is 10.6. The van der Waals surface area contributed by atoms with Crippen molar-refractivity contribution in [2.45, 2.75) is 19.8 Å². The van der Waals surface area contributed by atoms with E-state index in [-0.39, 0.29) is 0 Å². The van der Waals surface area contributed by atoms with Gasteiger partial charge in [-0.1, -0.05) is 19.4 Å². The molecular weight excluding hydrogens is 176 g/mol. The van der Waals surface area contributed by atoms with Gasteiger partial charge in [0.2, 0.25) is 0 Å². The van der Waals surface area contributed by atoms with E-state index < -0.39 is 0 Å². The summed E-state index contributed by atoms with van der Waals surface area (Å²) in [6.45, 7) is 2.08. The molecule has 2 aromatic heterocycles. The Balaban J connectivity index is 2.65. The highest BCUT2D eigenvalue weighted by molar-refractivity contribution is 5.76. The first-order valence-corrected chi connectivity index (χ1v) is 4.78. The Morgan fingerprint density at radius 1 is 1.50 bits per heavy atom. The molecule has 0 saturated heterocycles. The van der Waals surface area contributed by atoms with Crippen molar-refractivity contribution in [1.82, 2.24) is 9.38 Å². The molecule has 0 aliphatic rings. The summed E-state index contributed by atoms with van der Waals surface area (Å²) in [7, 11) is 0. The van der Waals surface area contributed by atoms with Gasteiger partial charge in [0.05, 0.1) is 5.69 Å². The molecule has 0 spiro atoms. The molecule has 0 aromatic carbocycles. The van der Waals surface area contributed by atoms with Crippen LogP contribution in [0.5, 0.6) is 0 Å². The highest BCUT2D eigenvalue weighted by atomic mass is 16.1. The first-order valence-electron chi connectivity index (χ1n) is 4.78. The van der Waals surface area contributed by atoms with E-state index >= 15 is 0 Å². The summed E-state index contributed by atoms with van der Waals surface area (Å²) in [5.41, 5.74) is 2.43. The minimum absolute atomic E-state index is 0.683.